The van der Waals surface area contributed by atoms with Crippen LogP contribution in [0.2, 0.25) is 5.02 Å². The Morgan fingerprint density at radius 1 is 0.846 bits per heavy atom. The molecular formula is C26H32ClNO11. The van der Waals surface area contributed by atoms with E-state index in [1.807, 2.05) is 0 Å². The Labute approximate surface area is 230 Å². The highest BCUT2D eigenvalue weighted by Crippen LogP contribution is 2.32. The molecule has 1 saturated heterocycles. The summed E-state index contributed by atoms with van der Waals surface area (Å²) >= 11 is 6.27. The summed E-state index contributed by atoms with van der Waals surface area (Å²) in [5.74, 6) is -3.18. The molecule has 13 heteroatoms. The Kier molecular flexibility index (Phi) is 10.5. The third-order valence-corrected chi connectivity index (χ3v) is 6.24. The first-order valence-electron chi connectivity index (χ1n) is 12.5. The van der Waals surface area contributed by atoms with Gasteiger partial charge in [0.25, 0.3) is 5.91 Å². The van der Waals surface area contributed by atoms with Gasteiger partial charge in [0.1, 0.15) is 18.5 Å². The normalized spacial score (nSPS) is 24.8. The summed E-state index contributed by atoms with van der Waals surface area (Å²) in [5.41, 5.74) is 0.232. The van der Waals surface area contributed by atoms with Crippen molar-refractivity contribution in [3.8, 4) is 5.75 Å². The molecule has 5 unspecified atom stereocenters. The second-order valence-corrected chi connectivity index (χ2v) is 9.75. The number of hydrogen-bond donors (Lipinski definition) is 1. The average molecular weight is 570 g/mol. The molecule has 2 fully saturated rings. The van der Waals surface area contributed by atoms with Gasteiger partial charge in [-0.15, -0.1) is 0 Å². The molecule has 0 radical (unpaired) electrons. The lowest BCUT2D eigenvalue weighted by Gasteiger charge is -2.43. The molecular weight excluding hydrogens is 538 g/mol. The number of esters is 4. The van der Waals surface area contributed by atoms with Crippen LogP contribution in [0.4, 0.5) is 0 Å². The molecule has 2 aliphatic rings. The topological polar surface area (TPSA) is 153 Å². The zero-order valence-corrected chi connectivity index (χ0v) is 22.9. The van der Waals surface area contributed by atoms with E-state index in [0.717, 1.165) is 46.5 Å². The van der Waals surface area contributed by atoms with Crippen LogP contribution in [0.15, 0.2) is 18.2 Å². The number of benzene rings is 1. The standard InChI is InChI=1S/C26H32ClNO11/c1-13(29)34-12-21-22(35-14(2)30)23(36-15(3)31)24(37-16(4)32)26(39-21)38-20-10-17(9-18(27)11-20)25(33)28-19-7-5-6-8-19/h9-11,19,21-24,26H,5-8,12H2,1-4H3,(H,28,33). The molecule has 1 amide bonds. The minimum atomic E-state index is -1.45. The van der Waals surface area contributed by atoms with Crippen LogP contribution >= 0.6 is 11.6 Å². The maximum Gasteiger partial charge on any atom is 0.303 e. The quantitative estimate of drug-likeness (QED) is 0.344. The second-order valence-electron chi connectivity index (χ2n) is 9.32. The smallest absolute Gasteiger partial charge is 0.303 e. The van der Waals surface area contributed by atoms with Gasteiger partial charge in [-0.3, -0.25) is 24.0 Å². The summed E-state index contributed by atoms with van der Waals surface area (Å²) in [6.45, 7) is 4.14. The fourth-order valence-corrected chi connectivity index (χ4v) is 4.74. The lowest BCUT2D eigenvalue weighted by Crippen LogP contribution is -2.63. The van der Waals surface area contributed by atoms with Gasteiger partial charge in [0.15, 0.2) is 12.2 Å². The molecule has 214 valence electrons. The molecule has 1 aromatic rings. The Balaban J connectivity index is 1.94. The maximum atomic E-state index is 12.8. The van der Waals surface area contributed by atoms with Crippen LogP contribution in [0.3, 0.4) is 0 Å². The lowest BCUT2D eigenvalue weighted by molar-refractivity contribution is -0.288. The van der Waals surface area contributed by atoms with Gasteiger partial charge in [0.05, 0.1) is 0 Å². The first-order valence-corrected chi connectivity index (χ1v) is 12.9. The predicted molar refractivity (Wildman–Crippen MR) is 134 cm³/mol. The third-order valence-electron chi connectivity index (χ3n) is 6.02. The van der Waals surface area contributed by atoms with Crippen molar-refractivity contribution in [3.05, 3.63) is 28.8 Å². The molecule has 1 aromatic carbocycles. The van der Waals surface area contributed by atoms with E-state index in [-0.39, 0.29) is 28.3 Å². The molecule has 39 heavy (non-hydrogen) atoms. The number of hydrogen-bond acceptors (Lipinski definition) is 11. The molecule has 1 N–H and O–H groups in total. The number of halogens is 1. The maximum absolute atomic E-state index is 12.8. The van der Waals surface area contributed by atoms with Gasteiger partial charge in [0.2, 0.25) is 12.4 Å². The molecule has 0 spiro atoms. The first-order chi connectivity index (χ1) is 18.4. The van der Waals surface area contributed by atoms with Crippen molar-refractivity contribution >= 4 is 41.4 Å². The molecule has 5 atom stereocenters. The summed E-state index contributed by atoms with van der Waals surface area (Å²) in [6.07, 6.45) is -2.89. The second kappa shape index (κ2) is 13.6. The van der Waals surface area contributed by atoms with Crippen LogP contribution < -0.4 is 10.1 Å². The number of amides is 1. The lowest BCUT2D eigenvalue weighted by atomic mass is 9.98. The van der Waals surface area contributed by atoms with Crippen LogP contribution in [-0.4, -0.2) is 73.1 Å². The van der Waals surface area contributed by atoms with E-state index in [4.69, 9.17) is 40.0 Å². The molecule has 1 aliphatic carbocycles. The summed E-state index contributed by atoms with van der Waals surface area (Å²) in [5, 5.41) is 3.16. The number of ether oxygens (including phenoxy) is 6. The number of rotatable bonds is 9. The van der Waals surface area contributed by atoms with E-state index in [1.165, 1.54) is 25.1 Å². The Bertz CT molecular complexity index is 1090. The Morgan fingerprint density at radius 2 is 1.44 bits per heavy atom. The van der Waals surface area contributed by atoms with E-state index < -0.39 is 61.2 Å². The molecule has 3 rings (SSSR count). The van der Waals surface area contributed by atoms with Gasteiger partial charge in [-0.1, -0.05) is 24.4 Å². The van der Waals surface area contributed by atoms with Crippen molar-refractivity contribution in [2.45, 2.75) is 90.1 Å². The third kappa shape index (κ3) is 8.82. The summed E-state index contributed by atoms with van der Waals surface area (Å²) in [7, 11) is 0. The van der Waals surface area contributed by atoms with Gasteiger partial charge in [0, 0.05) is 44.3 Å². The zero-order chi connectivity index (χ0) is 28.7. The van der Waals surface area contributed by atoms with Crippen molar-refractivity contribution < 1.29 is 52.4 Å². The highest BCUT2D eigenvalue weighted by atomic mass is 35.5. The molecule has 0 bridgehead atoms. The number of nitrogens with one attached hydrogen (secondary N) is 1. The van der Waals surface area contributed by atoms with Crippen molar-refractivity contribution in [2.24, 2.45) is 0 Å². The average Bonchev–Trinajstić information content (AvgIpc) is 3.33. The SMILES string of the molecule is CC(=O)OCC1OC(Oc2cc(Cl)cc(C(=O)NC3CCCC3)c2)C(OC(C)=O)C(OC(C)=O)C1OC(C)=O. The van der Waals surface area contributed by atoms with Crippen LogP contribution in [0.25, 0.3) is 0 Å². The Hall–Kier alpha value is -3.38. The Morgan fingerprint density at radius 3 is 2.03 bits per heavy atom. The minimum absolute atomic E-state index is 0.0700. The largest absolute Gasteiger partial charge is 0.463 e. The van der Waals surface area contributed by atoms with Gasteiger partial charge in [-0.2, -0.15) is 0 Å². The fourth-order valence-electron chi connectivity index (χ4n) is 4.52. The van der Waals surface area contributed by atoms with E-state index in [9.17, 15) is 24.0 Å². The molecule has 12 nitrogen and oxygen atoms in total. The molecule has 1 saturated carbocycles. The summed E-state index contributed by atoms with van der Waals surface area (Å²) in [4.78, 5) is 60.2. The van der Waals surface area contributed by atoms with Crippen molar-refractivity contribution in [1.29, 1.82) is 0 Å². The number of carbonyl (C=O) groups is 5. The minimum Gasteiger partial charge on any atom is -0.463 e. The van der Waals surface area contributed by atoms with Crippen LogP contribution in [0.1, 0.15) is 63.7 Å². The van der Waals surface area contributed by atoms with Crippen molar-refractivity contribution in [3.63, 3.8) is 0 Å². The van der Waals surface area contributed by atoms with Gasteiger partial charge >= 0.3 is 23.9 Å². The summed E-state index contributed by atoms with van der Waals surface area (Å²) in [6, 6.07) is 4.40. The number of carbonyl (C=O) groups excluding carboxylic acids is 5. The van der Waals surface area contributed by atoms with Crippen LogP contribution in [-0.2, 0) is 42.9 Å². The zero-order valence-electron chi connectivity index (χ0n) is 22.1. The van der Waals surface area contributed by atoms with E-state index in [0.29, 0.717) is 0 Å². The predicted octanol–water partition coefficient (Wildman–Crippen LogP) is 2.47. The van der Waals surface area contributed by atoms with Crippen LogP contribution in [0, 0.1) is 0 Å². The first kappa shape index (κ1) is 30.2. The van der Waals surface area contributed by atoms with Crippen molar-refractivity contribution in [1.82, 2.24) is 5.32 Å². The van der Waals surface area contributed by atoms with E-state index in [2.05, 4.69) is 5.32 Å². The van der Waals surface area contributed by atoms with E-state index in [1.54, 1.807) is 0 Å². The molecule has 0 aromatic heterocycles. The fraction of sp³-hybridized carbons (Fsp3) is 0.577. The molecule has 1 heterocycles. The van der Waals surface area contributed by atoms with Crippen molar-refractivity contribution in [2.75, 3.05) is 6.61 Å². The monoisotopic (exact) mass is 569 g/mol. The van der Waals surface area contributed by atoms with Gasteiger partial charge in [-0.05, 0) is 31.0 Å². The van der Waals surface area contributed by atoms with E-state index >= 15 is 0 Å². The van der Waals surface area contributed by atoms with Gasteiger partial charge < -0.3 is 33.7 Å². The summed E-state index contributed by atoms with van der Waals surface area (Å²) < 4.78 is 33.1. The van der Waals surface area contributed by atoms with Gasteiger partial charge in [-0.25, -0.2) is 0 Å². The highest BCUT2D eigenvalue weighted by Gasteiger charge is 2.53. The highest BCUT2D eigenvalue weighted by molar-refractivity contribution is 6.31. The molecule has 1 aliphatic heterocycles. The van der Waals surface area contributed by atoms with Crippen LogP contribution in [0.5, 0.6) is 5.75 Å².